The molecule has 0 aliphatic carbocycles. The Bertz CT molecular complexity index is 1360. The van der Waals surface area contributed by atoms with Crippen molar-refractivity contribution in [3.63, 3.8) is 0 Å². The smallest absolute Gasteiger partial charge is 0.246 e. The number of likely N-dealkylation sites (tertiary alicyclic amines) is 1. The molecule has 2 aliphatic rings. The molecule has 1 aromatic heterocycles. The van der Waals surface area contributed by atoms with E-state index in [2.05, 4.69) is 10.3 Å². The molecule has 1 saturated heterocycles. The third-order valence-electron chi connectivity index (χ3n) is 7.70. The summed E-state index contributed by atoms with van der Waals surface area (Å²) in [6, 6.07) is 21.3. The maximum atomic E-state index is 13.5. The van der Waals surface area contributed by atoms with Gasteiger partial charge in [-0.25, -0.2) is 0 Å². The van der Waals surface area contributed by atoms with Gasteiger partial charge in [-0.05, 0) is 53.8 Å². The SMILES string of the molecule is O=C1NCCN(C(=O)/C=C/c2ccccc2)CCCOc2cccc(c2)[C@H]2CN(C(=O)CCc3cccnc3)C[C@H]12. The van der Waals surface area contributed by atoms with Gasteiger partial charge in [-0.2, -0.15) is 0 Å². The van der Waals surface area contributed by atoms with Crippen molar-refractivity contribution in [1.82, 2.24) is 20.1 Å². The first-order valence-corrected chi connectivity index (χ1v) is 14.3. The van der Waals surface area contributed by atoms with Crippen LogP contribution in [0.15, 0.2) is 85.2 Å². The molecule has 3 heterocycles. The van der Waals surface area contributed by atoms with Crippen LogP contribution in [-0.4, -0.2) is 71.8 Å². The van der Waals surface area contributed by atoms with Gasteiger partial charge >= 0.3 is 0 Å². The van der Waals surface area contributed by atoms with Crippen molar-refractivity contribution in [2.75, 3.05) is 39.3 Å². The first-order valence-electron chi connectivity index (χ1n) is 14.3. The van der Waals surface area contributed by atoms with Crippen molar-refractivity contribution in [3.8, 4) is 5.75 Å². The van der Waals surface area contributed by atoms with Crippen LogP contribution in [0.25, 0.3) is 6.08 Å². The van der Waals surface area contributed by atoms with Gasteiger partial charge in [0.15, 0.2) is 0 Å². The minimum Gasteiger partial charge on any atom is -0.494 e. The number of aromatic nitrogens is 1. The first-order chi connectivity index (χ1) is 20.1. The van der Waals surface area contributed by atoms with Crippen molar-refractivity contribution in [2.45, 2.75) is 25.2 Å². The molecule has 0 unspecified atom stereocenters. The lowest BCUT2D eigenvalue weighted by atomic mass is 9.88. The summed E-state index contributed by atoms with van der Waals surface area (Å²) >= 11 is 0. The van der Waals surface area contributed by atoms with Crippen molar-refractivity contribution < 1.29 is 19.1 Å². The number of hydrogen-bond acceptors (Lipinski definition) is 5. The van der Waals surface area contributed by atoms with E-state index in [-0.39, 0.29) is 23.6 Å². The third-order valence-corrected chi connectivity index (χ3v) is 7.70. The van der Waals surface area contributed by atoms with Crippen molar-refractivity contribution >= 4 is 23.8 Å². The van der Waals surface area contributed by atoms with Crippen LogP contribution in [0.2, 0.25) is 0 Å². The number of aryl methyl sites for hydroxylation is 1. The van der Waals surface area contributed by atoms with Gasteiger partial charge in [-0.3, -0.25) is 19.4 Å². The Balaban J connectivity index is 1.28. The number of carbonyl (C=O) groups is 3. The second-order valence-electron chi connectivity index (χ2n) is 10.5. The number of benzene rings is 2. The molecule has 1 N–H and O–H groups in total. The van der Waals surface area contributed by atoms with E-state index in [4.69, 9.17) is 4.74 Å². The second-order valence-corrected chi connectivity index (χ2v) is 10.5. The van der Waals surface area contributed by atoms with Gasteiger partial charge in [0, 0.05) is 63.5 Å². The van der Waals surface area contributed by atoms with Crippen molar-refractivity contribution in [3.05, 3.63) is 102 Å². The van der Waals surface area contributed by atoms with Crippen molar-refractivity contribution in [1.29, 1.82) is 0 Å². The quantitative estimate of drug-likeness (QED) is 0.488. The molecule has 3 aromatic rings. The fourth-order valence-corrected chi connectivity index (χ4v) is 5.46. The summed E-state index contributed by atoms with van der Waals surface area (Å²) in [6.07, 6.45) is 8.51. The topological polar surface area (TPSA) is 91.8 Å². The summed E-state index contributed by atoms with van der Waals surface area (Å²) in [4.78, 5) is 47.4. The summed E-state index contributed by atoms with van der Waals surface area (Å²) in [5, 5.41) is 3.06. The molecular weight excluding hydrogens is 516 g/mol. The molecule has 3 amide bonds. The average Bonchev–Trinajstić information content (AvgIpc) is 3.47. The Kier molecular flexibility index (Phi) is 9.41. The largest absolute Gasteiger partial charge is 0.494 e. The van der Waals surface area contributed by atoms with E-state index in [0.717, 1.165) is 22.4 Å². The van der Waals surface area contributed by atoms with Gasteiger partial charge in [0.2, 0.25) is 17.7 Å². The molecule has 0 spiro atoms. The predicted octanol–water partition coefficient (Wildman–Crippen LogP) is 3.70. The molecule has 2 aliphatic heterocycles. The summed E-state index contributed by atoms with van der Waals surface area (Å²) < 4.78 is 6.04. The van der Waals surface area contributed by atoms with Crippen LogP contribution >= 0.6 is 0 Å². The molecular formula is C33H36N4O4. The molecule has 0 saturated carbocycles. The highest BCUT2D eigenvalue weighted by molar-refractivity contribution is 5.92. The van der Waals surface area contributed by atoms with Crippen LogP contribution in [0.4, 0.5) is 0 Å². The summed E-state index contributed by atoms with van der Waals surface area (Å²) in [5.74, 6) is 0.00546. The number of ether oxygens (including phenoxy) is 1. The number of hydrogen-bond donors (Lipinski definition) is 1. The lowest BCUT2D eigenvalue weighted by Crippen LogP contribution is -2.42. The fraction of sp³-hybridized carbons (Fsp3) is 0.333. The minimum atomic E-state index is -0.391. The fourth-order valence-electron chi connectivity index (χ4n) is 5.46. The van der Waals surface area contributed by atoms with Gasteiger partial charge in [-0.1, -0.05) is 48.5 Å². The number of fused-ring (bicyclic) bond motifs is 4. The van der Waals surface area contributed by atoms with Crippen LogP contribution in [0.1, 0.15) is 35.4 Å². The van der Waals surface area contributed by atoms with Crippen LogP contribution in [0.3, 0.4) is 0 Å². The summed E-state index contributed by atoms with van der Waals surface area (Å²) in [5.41, 5.74) is 2.95. The monoisotopic (exact) mass is 552 g/mol. The van der Waals surface area contributed by atoms with E-state index in [0.29, 0.717) is 58.6 Å². The molecule has 1 fully saturated rings. The van der Waals surface area contributed by atoms with Crippen LogP contribution in [0.5, 0.6) is 5.75 Å². The number of amides is 3. The highest BCUT2D eigenvalue weighted by Gasteiger charge is 2.40. The molecule has 8 heteroatoms. The number of pyridine rings is 1. The lowest BCUT2D eigenvalue weighted by molar-refractivity contribution is -0.131. The van der Waals surface area contributed by atoms with E-state index in [1.165, 1.54) is 0 Å². The van der Waals surface area contributed by atoms with Gasteiger partial charge in [-0.15, -0.1) is 0 Å². The lowest BCUT2D eigenvalue weighted by Gasteiger charge is -2.24. The predicted molar refractivity (Wildman–Crippen MR) is 157 cm³/mol. The standard InChI is InChI=1S/C33H36N4O4/c38-31(14-12-25-7-2-1-3-8-25)36-18-6-20-41-28-11-4-10-27(21-28)29-23-37(24-30(29)33(40)35-17-19-36)32(39)15-13-26-9-5-16-34-22-26/h1-5,7-12,14,16,21-22,29-30H,6,13,15,17-20,23-24H2,(H,35,40)/b14-12+/t29-,30+/m1/s1. The van der Waals surface area contributed by atoms with Crippen LogP contribution < -0.4 is 10.1 Å². The third kappa shape index (κ3) is 7.60. The zero-order chi connectivity index (χ0) is 28.4. The zero-order valence-corrected chi connectivity index (χ0v) is 23.2. The second kappa shape index (κ2) is 13.7. The molecule has 2 atom stereocenters. The van der Waals surface area contributed by atoms with E-state index >= 15 is 0 Å². The van der Waals surface area contributed by atoms with E-state index in [1.807, 2.05) is 66.7 Å². The highest BCUT2D eigenvalue weighted by atomic mass is 16.5. The molecule has 212 valence electrons. The van der Waals surface area contributed by atoms with E-state index in [1.54, 1.807) is 34.3 Å². The van der Waals surface area contributed by atoms with Gasteiger partial charge in [0.1, 0.15) is 5.75 Å². The maximum absolute atomic E-state index is 13.5. The summed E-state index contributed by atoms with van der Waals surface area (Å²) in [6.45, 7) is 2.54. The average molecular weight is 553 g/mol. The van der Waals surface area contributed by atoms with Gasteiger partial charge in [0.05, 0.1) is 12.5 Å². The molecule has 41 heavy (non-hydrogen) atoms. The number of rotatable bonds is 5. The Hall–Kier alpha value is -4.46. The van der Waals surface area contributed by atoms with Crippen LogP contribution in [0, 0.1) is 5.92 Å². The van der Waals surface area contributed by atoms with Gasteiger partial charge < -0.3 is 19.9 Å². The van der Waals surface area contributed by atoms with Crippen LogP contribution in [-0.2, 0) is 20.8 Å². The minimum absolute atomic E-state index is 0.0291. The Morgan fingerprint density at radius 1 is 0.976 bits per heavy atom. The Morgan fingerprint density at radius 3 is 2.66 bits per heavy atom. The molecule has 2 aromatic carbocycles. The molecule has 8 nitrogen and oxygen atoms in total. The summed E-state index contributed by atoms with van der Waals surface area (Å²) in [7, 11) is 0. The Morgan fingerprint density at radius 2 is 1.83 bits per heavy atom. The number of nitrogens with one attached hydrogen (secondary N) is 1. The first kappa shape index (κ1) is 28.1. The normalized spacial score (nSPS) is 19.7. The molecule has 5 rings (SSSR count). The molecule has 2 bridgehead atoms. The zero-order valence-electron chi connectivity index (χ0n) is 23.2. The van der Waals surface area contributed by atoms with Crippen molar-refractivity contribution in [2.24, 2.45) is 5.92 Å². The van der Waals surface area contributed by atoms with E-state index in [9.17, 15) is 14.4 Å². The Labute approximate surface area is 241 Å². The number of nitrogens with zero attached hydrogens (tertiary/aromatic N) is 3. The number of carbonyl (C=O) groups excluding carboxylic acids is 3. The van der Waals surface area contributed by atoms with Gasteiger partial charge in [0.25, 0.3) is 0 Å². The molecule has 0 radical (unpaired) electrons. The highest BCUT2D eigenvalue weighted by Crippen LogP contribution is 2.35. The maximum Gasteiger partial charge on any atom is 0.246 e. The van der Waals surface area contributed by atoms with E-state index < -0.39 is 5.92 Å².